The predicted octanol–water partition coefficient (Wildman–Crippen LogP) is 3.61. The van der Waals surface area contributed by atoms with Crippen LogP contribution >= 0.6 is 0 Å². The summed E-state index contributed by atoms with van der Waals surface area (Å²) in [5, 5.41) is 6.69. The van der Waals surface area contributed by atoms with E-state index < -0.39 is 5.82 Å². The van der Waals surface area contributed by atoms with E-state index in [1.165, 1.54) is 24.3 Å². The number of nitrogens with zero attached hydrogens (tertiary/aromatic N) is 2. The summed E-state index contributed by atoms with van der Waals surface area (Å²) in [4.78, 5) is 26.5. The minimum absolute atomic E-state index is 0.0718. The highest BCUT2D eigenvalue weighted by molar-refractivity contribution is 6.05. The summed E-state index contributed by atoms with van der Waals surface area (Å²) >= 11 is 0. The molecule has 0 radical (unpaired) electrons. The highest BCUT2D eigenvalue weighted by atomic mass is 19.1. The van der Waals surface area contributed by atoms with E-state index in [2.05, 4.69) is 10.5 Å². The van der Waals surface area contributed by atoms with Gasteiger partial charge in [0.2, 0.25) is 0 Å². The van der Waals surface area contributed by atoms with Gasteiger partial charge in [-0.25, -0.2) is 4.39 Å². The van der Waals surface area contributed by atoms with Gasteiger partial charge in [-0.2, -0.15) is 0 Å². The number of hydrogen-bond acceptors (Lipinski definition) is 5. The van der Waals surface area contributed by atoms with Crippen LogP contribution in [0.3, 0.4) is 0 Å². The van der Waals surface area contributed by atoms with Crippen LogP contribution in [0.4, 0.5) is 15.8 Å². The van der Waals surface area contributed by atoms with Crippen LogP contribution < -0.4 is 15.0 Å². The number of amides is 2. The van der Waals surface area contributed by atoms with E-state index in [-0.39, 0.29) is 25.0 Å². The number of hydrogen-bond donors (Lipinski definition) is 1. The second kappa shape index (κ2) is 7.38. The quantitative estimate of drug-likeness (QED) is 0.730. The van der Waals surface area contributed by atoms with Crippen molar-refractivity contribution in [1.29, 1.82) is 0 Å². The average molecular weight is 395 g/mol. The van der Waals surface area contributed by atoms with Gasteiger partial charge in [-0.05, 0) is 56.3 Å². The van der Waals surface area contributed by atoms with Crippen LogP contribution in [-0.4, -0.2) is 23.6 Å². The van der Waals surface area contributed by atoms with Gasteiger partial charge in [-0.3, -0.25) is 9.59 Å². The number of aromatic nitrogens is 1. The number of nitrogens with one attached hydrogen (secondary N) is 1. The summed E-state index contributed by atoms with van der Waals surface area (Å²) in [5.74, 6) is 0.172. The Balaban J connectivity index is 1.62. The lowest BCUT2D eigenvalue weighted by Crippen LogP contribution is -2.38. The molecule has 0 atom stereocenters. The molecule has 2 amide bonds. The summed E-state index contributed by atoms with van der Waals surface area (Å²) in [5.41, 5.74) is 2.89. The van der Waals surface area contributed by atoms with Crippen LogP contribution in [0.25, 0.3) is 0 Å². The largest absolute Gasteiger partial charge is 0.482 e. The first-order valence-corrected chi connectivity index (χ1v) is 8.98. The number of carbonyl (C=O) groups excluding carboxylic acids is 2. The van der Waals surface area contributed by atoms with Gasteiger partial charge < -0.3 is 19.5 Å². The third kappa shape index (κ3) is 3.69. The van der Waals surface area contributed by atoms with Crippen molar-refractivity contribution < 1.29 is 23.2 Å². The lowest BCUT2D eigenvalue weighted by molar-refractivity contribution is -0.121. The molecular formula is C21H18FN3O4. The number of ether oxygens (including phenoxy) is 1. The number of carbonyl (C=O) groups is 2. The number of rotatable bonds is 4. The fourth-order valence-corrected chi connectivity index (χ4v) is 3.14. The molecule has 1 aliphatic rings. The van der Waals surface area contributed by atoms with Gasteiger partial charge in [0, 0.05) is 16.8 Å². The van der Waals surface area contributed by atoms with E-state index in [4.69, 9.17) is 9.26 Å². The van der Waals surface area contributed by atoms with Crippen molar-refractivity contribution in [2.24, 2.45) is 0 Å². The highest BCUT2D eigenvalue weighted by Gasteiger charge is 2.28. The Hall–Kier alpha value is -3.68. The number of anilines is 2. The molecule has 4 rings (SSSR count). The normalized spacial score (nSPS) is 13.1. The molecule has 8 heteroatoms. The number of halogens is 1. The molecule has 2 aromatic carbocycles. The van der Waals surface area contributed by atoms with Crippen LogP contribution in [0.15, 0.2) is 47.0 Å². The van der Waals surface area contributed by atoms with Crippen LogP contribution in [0, 0.1) is 19.7 Å². The standard InChI is InChI=1S/C21H18FN3O4/c1-12-17(13(2)29-24-12)10-25-18-9-16(7-8-19(18)28-11-20(25)26)23-21(27)14-3-5-15(22)6-4-14/h3-9H,10-11H2,1-2H3,(H,23,27). The van der Waals surface area contributed by atoms with E-state index in [0.29, 0.717) is 34.1 Å². The molecule has 2 heterocycles. The Kier molecular flexibility index (Phi) is 4.75. The molecule has 0 fully saturated rings. The summed E-state index contributed by atoms with van der Waals surface area (Å²) in [6.07, 6.45) is 0. The first-order chi connectivity index (χ1) is 13.9. The van der Waals surface area contributed by atoms with Gasteiger partial charge >= 0.3 is 0 Å². The zero-order valence-electron chi connectivity index (χ0n) is 15.9. The Morgan fingerprint density at radius 3 is 2.66 bits per heavy atom. The highest BCUT2D eigenvalue weighted by Crippen LogP contribution is 2.36. The van der Waals surface area contributed by atoms with Gasteiger partial charge in [-0.15, -0.1) is 0 Å². The predicted molar refractivity (Wildman–Crippen MR) is 103 cm³/mol. The fourth-order valence-electron chi connectivity index (χ4n) is 3.14. The summed E-state index contributed by atoms with van der Waals surface area (Å²) in [6.45, 7) is 3.82. The maximum absolute atomic E-state index is 13.1. The topological polar surface area (TPSA) is 84.7 Å². The molecule has 1 aliphatic heterocycles. The van der Waals surface area contributed by atoms with Crippen molar-refractivity contribution in [1.82, 2.24) is 5.16 Å². The van der Waals surface area contributed by atoms with Crippen LogP contribution in [-0.2, 0) is 11.3 Å². The Bertz CT molecular complexity index is 1070. The first kappa shape index (κ1) is 18.7. The van der Waals surface area contributed by atoms with E-state index in [0.717, 1.165) is 5.56 Å². The van der Waals surface area contributed by atoms with Crippen molar-refractivity contribution in [2.45, 2.75) is 20.4 Å². The smallest absolute Gasteiger partial charge is 0.265 e. The molecule has 1 aromatic heterocycles. The lowest BCUT2D eigenvalue weighted by Gasteiger charge is -2.29. The molecule has 0 aliphatic carbocycles. The van der Waals surface area contributed by atoms with Gasteiger partial charge in [-0.1, -0.05) is 5.16 Å². The average Bonchev–Trinajstić information content (AvgIpc) is 3.02. The van der Waals surface area contributed by atoms with E-state index in [9.17, 15) is 14.0 Å². The van der Waals surface area contributed by atoms with Crippen molar-refractivity contribution in [3.63, 3.8) is 0 Å². The fraction of sp³-hybridized carbons (Fsp3) is 0.190. The molecule has 1 N–H and O–H groups in total. The zero-order valence-corrected chi connectivity index (χ0v) is 15.9. The molecule has 0 saturated carbocycles. The Morgan fingerprint density at radius 2 is 1.97 bits per heavy atom. The van der Waals surface area contributed by atoms with Crippen molar-refractivity contribution in [3.8, 4) is 5.75 Å². The second-order valence-electron chi connectivity index (χ2n) is 6.71. The first-order valence-electron chi connectivity index (χ1n) is 8.98. The minimum atomic E-state index is -0.416. The van der Waals surface area contributed by atoms with Crippen LogP contribution in [0.1, 0.15) is 27.4 Å². The third-order valence-electron chi connectivity index (χ3n) is 4.76. The second-order valence-corrected chi connectivity index (χ2v) is 6.71. The number of aryl methyl sites for hydroxylation is 2. The van der Waals surface area contributed by atoms with Gasteiger partial charge in [0.25, 0.3) is 11.8 Å². The summed E-state index contributed by atoms with van der Waals surface area (Å²) in [6, 6.07) is 10.3. The molecule has 0 spiro atoms. The number of benzene rings is 2. The van der Waals surface area contributed by atoms with Gasteiger partial charge in [0.05, 0.1) is 17.9 Å². The molecule has 3 aromatic rings. The Morgan fingerprint density at radius 1 is 1.21 bits per heavy atom. The summed E-state index contributed by atoms with van der Waals surface area (Å²) in [7, 11) is 0. The molecule has 29 heavy (non-hydrogen) atoms. The van der Waals surface area contributed by atoms with E-state index in [1.807, 2.05) is 6.92 Å². The summed E-state index contributed by atoms with van der Waals surface area (Å²) < 4.78 is 23.8. The zero-order chi connectivity index (χ0) is 20.5. The molecule has 0 saturated heterocycles. The maximum atomic E-state index is 13.1. The third-order valence-corrected chi connectivity index (χ3v) is 4.76. The van der Waals surface area contributed by atoms with Crippen molar-refractivity contribution in [2.75, 3.05) is 16.8 Å². The van der Waals surface area contributed by atoms with Crippen molar-refractivity contribution in [3.05, 3.63) is 70.9 Å². The number of fused-ring (bicyclic) bond motifs is 1. The maximum Gasteiger partial charge on any atom is 0.265 e. The van der Waals surface area contributed by atoms with Gasteiger partial charge in [0.1, 0.15) is 17.3 Å². The van der Waals surface area contributed by atoms with Crippen LogP contribution in [0.2, 0.25) is 0 Å². The van der Waals surface area contributed by atoms with Crippen LogP contribution in [0.5, 0.6) is 5.75 Å². The molecule has 0 bridgehead atoms. The Labute approximate surface area is 166 Å². The van der Waals surface area contributed by atoms with Gasteiger partial charge in [0.15, 0.2) is 6.61 Å². The van der Waals surface area contributed by atoms with Crippen molar-refractivity contribution >= 4 is 23.2 Å². The molecule has 148 valence electrons. The molecule has 7 nitrogen and oxygen atoms in total. The minimum Gasteiger partial charge on any atom is -0.482 e. The SMILES string of the molecule is Cc1noc(C)c1CN1C(=O)COc2ccc(NC(=O)c3ccc(F)cc3)cc21. The molecule has 0 unspecified atom stereocenters. The lowest BCUT2D eigenvalue weighted by atomic mass is 10.1. The monoisotopic (exact) mass is 395 g/mol. The van der Waals surface area contributed by atoms with E-state index >= 15 is 0 Å². The van der Waals surface area contributed by atoms with E-state index in [1.54, 1.807) is 30.0 Å². The molecular weight excluding hydrogens is 377 g/mol.